The van der Waals surface area contributed by atoms with Crippen LogP contribution >= 0.6 is 0 Å². The lowest BCUT2D eigenvalue weighted by atomic mass is 10.1. The fourth-order valence-corrected chi connectivity index (χ4v) is 6.72. The third-order valence-corrected chi connectivity index (χ3v) is 9.67. The normalized spacial score (nSPS) is 13.1. The minimum absolute atomic E-state index is 0.0293. The second-order valence-corrected chi connectivity index (χ2v) is 14.5. The molecule has 36 heavy (non-hydrogen) atoms. The van der Waals surface area contributed by atoms with Crippen molar-refractivity contribution in [3.63, 3.8) is 0 Å². The molecule has 1 atom stereocenters. The van der Waals surface area contributed by atoms with Crippen LogP contribution in [0.4, 0.5) is 0 Å². The summed E-state index contributed by atoms with van der Waals surface area (Å²) in [5, 5.41) is 0. The highest BCUT2D eigenvalue weighted by Gasteiger charge is 2.23. The fourth-order valence-electron chi connectivity index (χ4n) is 3.95. The molecule has 0 heterocycles. The Hall–Kier alpha value is -0.670. The third-order valence-electron chi connectivity index (χ3n) is 6.18. The molecule has 0 rings (SSSR count). The largest absolute Gasteiger partial charge is 0.459 e. The summed E-state index contributed by atoms with van der Waals surface area (Å²) in [6, 6.07) is 0. The van der Waals surface area contributed by atoms with Crippen LogP contribution < -0.4 is 0 Å². The number of esters is 1. The molecule has 0 aromatic heterocycles. The molecule has 0 N–H and O–H groups in total. The summed E-state index contributed by atoms with van der Waals surface area (Å²) >= 11 is 0. The van der Waals surface area contributed by atoms with Crippen LogP contribution in [0, 0.1) is 0 Å². The Morgan fingerprint density at radius 3 is 1.64 bits per heavy atom. The highest BCUT2D eigenvalue weighted by atomic mass is 32.2. The highest BCUT2D eigenvalue weighted by Crippen LogP contribution is 2.11. The van der Waals surface area contributed by atoms with Crippen molar-refractivity contribution in [3.8, 4) is 0 Å². The van der Waals surface area contributed by atoms with E-state index >= 15 is 0 Å². The van der Waals surface area contributed by atoms with Crippen LogP contribution in [-0.4, -0.2) is 65.1 Å². The first kappa shape index (κ1) is 35.3. The zero-order valence-electron chi connectivity index (χ0n) is 23.3. The monoisotopic (exact) mass is 554 g/mol. The van der Waals surface area contributed by atoms with E-state index in [1.165, 1.54) is 19.3 Å². The first-order chi connectivity index (χ1) is 17.2. The molecular formula is C27H54O7S2. The van der Waals surface area contributed by atoms with Gasteiger partial charge in [0.2, 0.25) is 0 Å². The maximum atomic E-state index is 12.6. The van der Waals surface area contributed by atoms with Crippen molar-refractivity contribution in [1.82, 2.24) is 0 Å². The van der Waals surface area contributed by atoms with Gasteiger partial charge in [-0.25, -0.2) is 16.8 Å². The Bertz CT molecular complexity index is 733. The van der Waals surface area contributed by atoms with Crippen LogP contribution in [-0.2, 0) is 33.9 Å². The van der Waals surface area contributed by atoms with E-state index in [2.05, 4.69) is 20.8 Å². The van der Waals surface area contributed by atoms with Crippen LogP contribution in [0.25, 0.3) is 0 Å². The van der Waals surface area contributed by atoms with Crippen molar-refractivity contribution in [1.29, 1.82) is 0 Å². The molecule has 0 saturated carbocycles. The summed E-state index contributed by atoms with van der Waals surface area (Å²) in [5.74, 6) is -0.612. The SMILES string of the molecule is CCCCCCCCCC(=O)OC(COCCS(=O)(=O)CCCCCC)CS(=O)(=O)CCCCCC. The second kappa shape index (κ2) is 22.3. The molecular weight excluding hydrogens is 500 g/mol. The lowest BCUT2D eigenvalue weighted by molar-refractivity contribution is -0.150. The Balaban J connectivity index is 4.63. The van der Waals surface area contributed by atoms with Crippen molar-refractivity contribution in [2.75, 3.05) is 36.2 Å². The Labute approximate surface area is 222 Å². The molecule has 9 heteroatoms. The fraction of sp³-hybridized carbons (Fsp3) is 0.963. The van der Waals surface area contributed by atoms with Crippen molar-refractivity contribution in [2.24, 2.45) is 0 Å². The van der Waals surface area contributed by atoms with Gasteiger partial charge < -0.3 is 9.47 Å². The Morgan fingerprint density at radius 1 is 0.611 bits per heavy atom. The average molecular weight is 555 g/mol. The molecule has 0 saturated heterocycles. The van der Waals surface area contributed by atoms with E-state index in [4.69, 9.17) is 9.47 Å². The van der Waals surface area contributed by atoms with Gasteiger partial charge in [0.1, 0.15) is 6.10 Å². The van der Waals surface area contributed by atoms with Gasteiger partial charge >= 0.3 is 5.97 Å². The topological polar surface area (TPSA) is 104 Å². The molecule has 0 aromatic rings. The van der Waals surface area contributed by atoms with Crippen LogP contribution in [0.5, 0.6) is 0 Å². The predicted molar refractivity (Wildman–Crippen MR) is 149 cm³/mol. The summed E-state index contributed by atoms with van der Waals surface area (Å²) < 4.78 is 60.6. The van der Waals surface area contributed by atoms with E-state index in [0.717, 1.165) is 64.2 Å². The summed E-state index contributed by atoms with van der Waals surface area (Å²) in [6.45, 7) is 6.18. The van der Waals surface area contributed by atoms with E-state index in [1.807, 2.05) is 0 Å². The molecule has 0 aromatic carbocycles. The zero-order chi connectivity index (χ0) is 27.1. The minimum Gasteiger partial charge on any atom is -0.459 e. The molecule has 0 radical (unpaired) electrons. The van der Waals surface area contributed by atoms with Gasteiger partial charge in [0, 0.05) is 6.42 Å². The van der Waals surface area contributed by atoms with E-state index in [9.17, 15) is 21.6 Å². The zero-order valence-corrected chi connectivity index (χ0v) is 24.9. The van der Waals surface area contributed by atoms with Gasteiger partial charge in [0.25, 0.3) is 0 Å². The molecule has 0 bridgehead atoms. The molecule has 0 fully saturated rings. The van der Waals surface area contributed by atoms with Gasteiger partial charge in [0.05, 0.1) is 36.2 Å². The number of sulfone groups is 2. The summed E-state index contributed by atoms with van der Waals surface area (Å²) in [7, 11) is -6.61. The van der Waals surface area contributed by atoms with Crippen molar-refractivity contribution in [2.45, 2.75) is 130 Å². The van der Waals surface area contributed by atoms with Gasteiger partial charge in [-0.2, -0.15) is 0 Å². The van der Waals surface area contributed by atoms with Crippen molar-refractivity contribution < 1.29 is 31.1 Å². The standard InChI is InChI=1S/C27H54O7S2/c1-4-7-10-13-14-15-16-19-27(28)34-26(25-36(31,32)22-18-12-9-6-3)24-33-20-23-35(29,30)21-17-11-8-5-2/h26H,4-25H2,1-3H3. The van der Waals surface area contributed by atoms with Gasteiger partial charge in [-0.05, 0) is 19.3 Å². The molecule has 0 aliphatic carbocycles. The molecule has 0 aliphatic rings. The van der Waals surface area contributed by atoms with Crippen LogP contribution in [0.15, 0.2) is 0 Å². The van der Waals surface area contributed by atoms with Crippen LogP contribution in [0.1, 0.15) is 124 Å². The molecule has 216 valence electrons. The number of ether oxygens (including phenoxy) is 2. The summed E-state index contributed by atoms with van der Waals surface area (Å²) in [5.41, 5.74) is 0. The molecule has 0 spiro atoms. The Morgan fingerprint density at radius 2 is 1.08 bits per heavy atom. The lowest BCUT2D eigenvalue weighted by Crippen LogP contribution is -2.33. The van der Waals surface area contributed by atoms with Gasteiger partial charge in [-0.1, -0.05) is 97.8 Å². The van der Waals surface area contributed by atoms with Crippen LogP contribution in [0.2, 0.25) is 0 Å². The number of hydrogen-bond acceptors (Lipinski definition) is 7. The summed E-state index contributed by atoms with van der Waals surface area (Å²) in [4.78, 5) is 12.4. The number of carbonyl (C=O) groups is 1. The molecule has 0 aliphatic heterocycles. The molecule has 1 unspecified atom stereocenters. The maximum Gasteiger partial charge on any atom is 0.306 e. The first-order valence-corrected chi connectivity index (χ1v) is 18.0. The highest BCUT2D eigenvalue weighted by molar-refractivity contribution is 7.91. The minimum atomic E-state index is -3.40. The quantitative estimate of drug-likeness (QED) is 0.0947. The number of unbranched alkanes of at least 4 members (excludes halogenated alkanes) is 12. The number of carbonyl (C=O) groups excluding carboxylic acids is 1. The lowest BCUT2D eigenvalue weighted by Gasteiger charge is -2.18. The number of hydrogen-bond donors (Lipinski definition) is 0. The van der Waals surface area contributed by atoms with E-state index in [0.29, 0.717) is 12.8 Å². The second-order valence-electron chi connectivity index (χ2n) is 9.95. The Kier molecular flexibility index (Phi) is 21.9. The predicted octanol–water partition coefficient (Wildman–Crippen LogP) is 6.05. The van der Waals surface area contributed by atoms with Crippen LogP contribution in [0.3, 0.4) is 0 Å². The van der Waals surface area contributed by atoms with E-state index in [-0.39, 0.29) is 42.6 Å². The van der Waals surface area contributed by atoms with E-state index < -0.39 is 31.7 Å². The summed E-state index contributed by atoms with van der Waals surface area (Å²) in [6.07, 6.45) is 14.0. The molecule has 0 amide bonds. The van der Waals surface area contributed by atoms with Crippen molar-refractivity contribution >= 4 is 25.6 Å². The number of rotatable bonds is 26. The maximum absolute atomic E-state index is 12.6. The van der Waals surface area contributed by atoms with Gasteiger partial charge in [0.15, 0.2) is 19.7 Å². The van der Waals surface area contributed by atoms with Gasteiger partial charge in [-0.3, -0.25) is 4.79 Å². The van der Waals surface area contributed by atoms with E-state index in [1.54, 1.807) is 0 Å². The van der Waals surface area contributed by atoms with Crippen molar-refractivity contribution in [3.05, 3.63) is 0 Å². The average Bonchev–Trinajstić information content (AvgIpc) is 2.81. The molecule has 7 nitrogen and oxygen atoms in total. The van der Waals surface area contributed by atoms with Gasteiger partial charge in [-0.15, -0.1) is 0 Å². The first-order valence-electron chi connectivity index (χ1n) is 14.3. The third kappa shape index (κ3) is 22.5. The smallest absolute Gasteiger partial charge is 0.306 e.